The SMILES string of the molecule is C=C(CCC)CCC(CCC(=C)CCS)(CCC(=C)CCS)CCC(=C)CCS. The minimum absolute atomic E-state index is 0.301. The Labute approximate surface area is 199 Å². The molecule has 0 aliphatic rings. The van der Waals surface area contributed by atoms with Crippen molar-refractivity contribution in [1.29, 1.82) is 0 Å². The van der Waals surface area contributed by atoms with Crippen LogP contribution < -0.4 is 0 Å². The van der Waals surface area contributed by atoms with Crippen LogP contribution in [0.1, 0.15) is 90.4 Å². The molecule has 0 aromatic carbocycles. The van der Waals surface area contributed by atoms with Gasteiger partial charge >= 0.3 is 0 Å². The third kappa shape index (κ3) is 14.6. The fraction of sp³-hybridized carbons (Fsp3) is 0.692. The second kappa shape index (κ2) is 17.7. The normalized spacial score (nSPS) is 11.4. The Hall–Kier alpha value is 0.01000. The summed E-state index contributed by atoms with van der Waals surface area (Å²) in [5.74, 6) is 2.66. The van der Waals surface area contributed by atoms with Crippen molar-refractivity contribution in [3.8, 4) is 0 Å². The van der Waals surface area contributed by atoms with Gasteiger partial charge in [0, 0.05) is 0 Å². The van der Waals surface area contributed by atoms with Crippen molar-refractivity contribution in [3.63, 3.8) is 0 Å². The van der Waals surface area contributed by atoms with Crippen LogP contribution >= 0.6 is 37.9 Å². The summed E-state index contributed by atoms with van der Waals surface area (Å²) in [6.07, 6.45) is 14.6. The van der Waals surface area contributed by atoms with Gasteiger partial charge in [-0.1, -0.05) is 62.0 Å². The van der Waals surface area contributed by atoms with Crippen molar-refractivity contribution in [2.24, 2.45) is 5.41 Å². The van der Waals surface area contributed by atoms with Gasteiger partial charge in [0.15, 0.2) is 0 Å². The number of thiol groups is 3. The van der Waals surface area contributed by atoms with Crippen LogP contribution in [0, 0.1) is 5.41 Å². The lowest BCUT2D eigenvalue weighted by Gasteiger charge is -2.36. The van der Waals surface area contributed by atoms with Gasteiger partial charge in [-0.15, -0.1) is 0 Å². The molecule has 3 heteroatoms. The van der Waals surface area contributed by atoms with Gasteiger partial charge in [0.05, 0.1) is 0 Å². The van der Waals surface area contributed by atoms with E-state index in [1.54, 1.807) is 0 Å². The lowest BCUT2D eigenvalue weighted by atomic mass is 9.69. The lowest BCUT2D eigenvalue weighted by Crippen LogP contribution is -2.22. The zero-order chi connectivity index (χ0) is 22.1. The molecule has 0 N–H and O–H groups in total. The summed E-state index contributed by atoms with van der Waals surface area (Å²) >= 11 is 13.2. The minimum Gasteiger partial charge on any atom is -0.179 e. The molecule has 0 unspecified atom stereocenters. The van der Waals surface area contributed by atoms with Gasteiger partial charge in [-0.2, -0.15) is 37.9 Å². The van der Waals surface area contributed by atoms with Crippen LogP contribution in [0.4, 0.5) is 0 Å². The Bertz CT molecular complexity index is 411. The Balaban J connectivity index is 5.35. The molecule has 0 spiro atoms. The molecule has 0 saturated carbocycles. The molecule has 0 rings (SSSR count). The Morgan fingerprint density at radius 2 is 0.793 bits per heavy atom. The van der Waals surface area contributed by atoms with E-state index < -0.39 is 0 Å². The first-order valence-electron chi connectivity index (χ1n) is 11.3. The summed E-state index contributed by atoms with van der Waals surface area (Å²) in [4.78, 5) is 0. The number of allylic oxidation sites excluding steroid dienone is 4. The molecule has 0 aliphatic heterocycles. The molecule has 0 aromatic heterocycles. The Morgan fingerprint density at radius 3 is 1.03 bits per heavy atom. The molecule has 29 heavy (non-hydrogen) atoms. The van der Waals surface area contributed by atoms with E-state index in [2.05, 4.69) is 71.1 Å². The zero-order valence-corrected chi connectivity index (χ0v) is 21.7. The van der Waals surface area contributed by atoms with E-state index in [0.717, 1.165) is 68.6 Å². The molecular weight excluding hydrogens is 408 g/mol. The van der Waals surface area contributed by atoms with Crippen LogP contribution in [0.5, 0.6) is 0 Å². The maximum absolute atomic E-state index is 4.39. The molecule has 0 bridgehead atoms. The van der Waals surface area contributed by atoms with Gasteiger partial charge in [-0.25, -0.2) is 0 Å². The highest BCUT2D eigenvalue weighted by atomic mass is 32.1. The maximum Gasteiger partial charge on any atom is -0.00607 e. The predicted molar refractivity (Wildman–Crippen MR) is 146 cm³/mol. The Morgan fingerprint density at radius 1 is 0.517 bits per heavy atom. The first-order chi connectivity index (χ1) is 13.8. The number of hydrogen-bond acceptors (Lipinski definition) is 3. The third-order valence-electron chi connectivity index (χ3n) is 6.04. The first kappa shape index (κ1) is 29.0. The van der Waals surface area contributed by atoms with E-state index in [1.165, 1.54) is 54.4 Å². The standard InChI is InChI=1S/C26H46S3/c1-6-7-22(2)8-15-26(16-9-23(3)12-19-27,17-10-24(4)13-20-28)18-11-25(5)14-21-29/h27-29H,2-21H2,1H3. The topological polar surface area (TPSA) is 0 Å². The highest BCUT2D eigenvalue weighted by Gasteiger charge is 2.29. The minimum atomic E-state index is 0.301. The van der Waals surface area contributed by atoms with E-state index in [4.69, 9.17) is 0 Å². The summed E-state index contributed by atoms with van der Waals surface area (Å²) < 4.78 is 0. The van der Waals surface area contributed by atoms with Crippen LogP contribution in [0.25, 0.3) is 0 Å². The quantitative estimate of drug-likeness (QED) is 0.118. The van der Waals surface area contributed by atoms with Gasteiger partial charge in [0.25, 0.3) is 0 Å². The second-order valence-corrected chi connectivity index (χ2v) is 10.0. The van der Waals surface area contributed by atoms with E-state index >= 15 is 0 Å². The van der Waals surface area contributed by atoms with Crippen molar-refractivity contribution in [1.82, 2.24) is 0 Å². The fourth-order valence-corrected chi connectivity index (χ4v) is 4.79. The van der Waals surface area contributed by atoms with E-state index in [0.29, 0.717) is 5.41 Å². The van der Waals surface area contributed by atoms with Gasteiger partial charge in [0.1, 0.15) is 0 Å². The smallest absolute Gasteiger partial charge is 0.00607 e. The maximum atomic E-state index is 4.39. The van der Waals surface area contributed by atoms with Gasteiger partial charge in [-0.3, -0.25) is 0 Å². The molecule has 0 atom stereocenters. The summed E-state index contributed by atoms with van der Waals surface area (Å²) in [6, 6.07) is 0. The number of rotatable bonds is 20. The van der Waals surface area contributed by atoms with Crippen LogP contribution in [-0.2, 0) is 0 Å². The number of hydrogen-bond donors (Lipinski definition) is 3. The van der Waals surface area contributed by atoms with E-state index in [1.807, 2.05) is 0 Å². The second-order valence-electron chi connectivity index (χ2n) is 8.67. The molecule has 0 fully saturated rings. The largest absolute Gasteiger partial charge is 0.179 e. The van der Waals surface area contributed by atoms with Crippen molar-refractivity contribution in [2.45, 2.75) is 90.4 Å². The third-order valence-corrected chi connectivity index (χ3v) is 6.71. The molecule has 0 nitrogen and oxygen atoms in total. The average molecular weight is 455 g/mol. The molecule has 168 valence electrons. The Kier molecular flexibility index (Phi) is 17.7. The van der Waals surface area contributed by atoms with Crippen molar-refractivity contribution < 1.29 is 0 Å². The molecule has 0 heterocycles. The van der Waals surface area contributed by atoms with Crippen molar-refractivity contribution >= 4 is 37.9 Å². The molecule has 0 amide bonds. The first-order valence-corrected chi connectivity index (χ1v) is 13.2. The van der Waals surface area contributed by atoms with E-state index in [-0.39, 0.29) is 0 Å². The summed E-state index contributed by atoms with van der Waals surface area (Å²) in [5, 5.41) is 0. The molecular formula is C26H46S3. The average Bonchev–Trinajstić information content (AvgIpc) is 2.68. The lowest BCUT2D eigenvalue weighted by molar-refractivity contribution is 0.197. The molecule has 0 radical (unpaired) electrons. The van der Waals surface area contributed by atoms with Gasteiger partial charge in [0.2, 0.25) is 0 Å². The van der Waals surface area contributed by atoms with Crippen LogP contribution in [0.3, 0.4) is 0 Å². The summed E-state index contributed by atoms with van der Waals surface area (Å²) in [7, 11) is 0. The summed E-state index contributed by atoms with van der Waals surface area (Å²) in [5.41, 5.74) is 5.70. The van der Waals surface area contributed by atoms with Crippen LogP contribution in [0.2, 0.25) is 0 Å². The molecule has 0 aliphatic carbocycles. The predicted octanol–water partition coefficient (Wildman–Crippen LogP) is 9.08. The zero-order valence-electron chi connectivity index (χ0n) is 19.0. The highest BCUT2D eigenvalue weighted by Crippen LogP contribution is 2.43. The fourth-order valence-electron chi connectivity index (χ4n) is 3.85. The van der Waals surface area contributed by atoms with E-state index in [9.17, 15) is 0 Å². The highest BCUT2D eigenvalue weighted by molar-refractivity contribution is 7.80. The molecule has 0 aromatic rings. The van der Waals surface area contributed by atoms with Crippen LogP contribution in [-0.4, -0.2) is 17.3 Å². The van der Waals surface area contributed by atoms with Crippen molar-refractivity contribution in [2.75, 3.05) is 17.3 Å². The molecule has 0 saturated heterocycles. The van der Waals surface area contributed by atoms with Gasteiger partial charge in [-0.05, 0) is 99.7 Å². The monoisotopic (exact) mass is 454 g/mol. The van der Waals surface area contributed by atoms with Crippen LogP contribution in [0.15, 0.2) is 48.6 Å². The summed E-state index contributed by atoms with van der Waals surface area (Å²) in [6.45, 7) is 19.5. The van der Waals surface area contributed by atoms with Crippen molar-refractivity contribution in [3.05, 3.63) is 48.6 Å². The van der Waals surface area contributed by atoms with Gasteiger partial charge < -0.3 is 0 Å².